The second-order valence-electron chi connectivity index (χ2n) is 5.83. The van der Waals surface area contributed by atoms with Crippen molar-refractivity contribution in [3.05, 3.63) is 53.6 Å². The highest BCUT2D eigenvalue weighted by atomic mass is 35.5. The van der Waals surface area contributed by atoms with Crippen molar-refractivity contribution in [3.8, 4) is 0 Å². The van der Waals surface area contributed by atoms with E-state index in [1.807, 2.05) is 24.7 Å². The Kier molecular flexibility index (Phi) is 5.42. The van der Waals surface area contributed by atoms with Gasteiger partial charge in [-0.3, -0.25) is 0 Å². The Hall–Kier alpha value is -0.580. The zero-order valence-corrected chi connectivity index (χ0v) is 15.1. The molecule has 0 aliphatic carbocycles. The smallest absolute Gasteiger partial charge is 0.0946 e. The molecule has 22 heavy (non-hydrogen) atoms. The minimum absolute atomic E-state index is 0.279. The van der Waals surface area contributed by atoms with Crippen LogP contribution in [0.2, 0.25) is 5.02 Å². The number of benzene rings is 1. The van der Waals surface area contributed by atoms with Gasteiger partial charge in [-0.2, -0.15) is 0 Å². The molecule has 0 amide bonds. The van der Waals surface area contributed by atoms with Crippen molar-refractivity contribution in [2.24, 2.45) is 0 Å². The van der Waals surface area contributed by atoms with Crippen LogP contribution in [0.25, 0.3) is 0 Å². The summed E-state index contributed by atoms with van der Waals surface area (Å²) in [7, 11) is 0. The summed E-state index contributed by atoms with van der Waals surface area (Å²) in [6, 6.07) is 8.20. The zero-order valence-electron chi connectivity index (χ0n) is 12.7. The maximum absolute atomic E-state index is 6.27. The number of rotatable bonds is 6. The van der Waals surface area contributed by atoms with Crippen molar-refractivity contribution in [3.63, 3.8) is 0 Å². The minimum atomic E-state index is 0.279. The van der Waals surface area contributed by atoms with Crippen LogP contribution in [0.5, 0.6) is 0 Å². The van der Waals surface area contributed by atoms with Crippen LogP contribution in [0.15, 0.2) is 43.0 Å². The van der Waals surface area contributed by atoms with Crippen molar-refractivity contribution in [1.82, 2.24) is 9.55 Å². The third-order valence-electron chi connectivity index (χ3n) is 3.94. The van der Waals surface area contributed by atoms with Crippen LogP contribution >= 0.6 is 35.1 Å². The van der Waals surface area contributed by atoms with Crippen molar-refractivity contribution < 1.29 is 0 Å². The fourth-order valence-corrected chi connectivity index (χ4v) is 6.87. The lowest BCUT2D eigenvalue weighted by molar-refractivity contribution is 0.571. The van der Waals surface area contributed by atoms with Crippen molar-refractivity contribution in [2.45, 2.75) is 42.1 Å². The number of imidazole rings is 1. The van der Waals surface area contributed by atoms with E-state index in [0.29, 0.717) is 0 Å². The molecule has 1 aromatic heterocycles. The molecule has 1 saturated heterocycles. The van der Waals surface area contributed by atoms with Gasteiger partial charge < -0.3 is 4.57 Å². The molecule has 0 radical (unpaired) electrons. The van der Waals surface area contributed by atoms with Crippen LogP contribution in [0, 0.1) is 0 Å². The van der Waals surface area contributed by atoms with Crippen LogP contribution in [0.3, 0.4) is 0 Å². The average Bonchev–Trinajstić information content (AvgIpc) is 3.12. The maximum atomic E-state index is 6.27. The molecule has 2 nitrogen and oxygen atoms in total. The molecule has 2 aromatic rings. The first-order valence-electron chi connectivity index (χ1n) is 7.68. The molecule has 1 aliphatic heterocycles. The van der Waals surface area contributed by atoms with Gasteiger partial charge in [0.15, 0.2) is 0 Å². The molecule has 118 valence electrons. The SMILES string of the molecule is CC1CSC(CCCc2ccccc2Cl)(Cn2ccnc2)S1. The van der Waals surface area contributed by atoms with Crippen molar-refractivity contribution >= 4 is 35.1 Å². The fourth-order valence-electron chi connectivity index (χ4n) is 2.90. The minimum Gasteiger partial charge on any atom is -0.335 e. The third kappa shape index (κ3) is 4.03. The van der Waals surface area contributed by atoms with Gasteiger partial charge in [-0.1, -0.05) is 36.7 Å². The summed E-state index contributed by atoms with van der Waals surface area (Å²) in [5.41, 5.74) is 1.27. The van der Waals surface area contributed by atoms with E-state index in [0.717, 1.165) is 23.2 Å². The van der Waals surface area contributed by atoms with E-state index in [2.05, 4.69) is 58.3 Å². The Labute approximate surface area is 146 Å². The number of halogens is 1. The monoisotopic (exact) mass is 352 g/mol. The molecule has 2 unspecified atom stereocenters. The number of aryl methyl sites for hydroxylation is 1. The molecular weight excluding hydrogens is 332 g/mol. The van der Waals surface area contributed by atoms with Crippen LogP contribution in [-0.4, -0.2) is 24.6 Å². The molecule has 2 atom stereocenters. The summed E-state index contributed by atoms with van der Waals surface area (Å²) in [5.74, 6) is 1.24. The maximum Gasteiger partial charge on any atom is 0.0946 e. The summed E-state index contributed by atoms with van der Waals surface area (Å²) < 4.78 is 2.49. The average molecular weight is 353 g/mol. The molecule has 0 bridgehead atoms. The highest BCUT2D eigenvalue weighted by molar-refractivity contribution is 8.21. The Morgan fingerprint density at radius 1 is 1.41 bits per heavy atom. The molecule has 2 heterocycles. The highest BCUT2D eigenvalue weighted by Gasteiger charge is 2.38. The Balaban J connectivity index is 1.62. The second kappa shape index (κ2) is 7.33. The van der Waals surface area contributed by atoms with Gasteiger partial charge in [0.05, 0.1) is 10.4 Å². The van der Waals surface area contributed by atoms with Crippen LogP contribution < -0.4 is 0 Å². The van der Waals surface area contributed by atoms with Crippen molar-refractivity contribution in [2.75, 3.05) is 5.75 Å². The Bertz CT molecular complexity index is 602. The van der Waals surface area contributed by atoms with E-state index in [1.54, 1.807) is 0 Å². The molecule has 0 spiro atoms. The van der Waals surface area contributed by atoms with E-state index >= 15 is 0 Å². The molecule has 5 heteroatoms. The van der Waals surface area contributed by atoms with E-state index in [4.69, 9.17) is 11.6 Å². The Morgan fingerprint density at radius 2 is 2.27 bits per heavy atom. The number of aromatic nitrogens is 2. The van der Waals surface area contributed by atoms with Crippen LogP contribution in [0.4, 0.5) is 0 Å². The van der Waals surface area contributed by atoms with Gasteiger partial charge in [0, 0.05) is 35.0 Å². The lowest BCUT2D eigenvalue weighted by Gasteiger charge is -2.28. The topological polar surface area (TPSA) is 17.8 Å². The fraction of sp³-hybridized carbons (Fsp3) is 0.471. The van der Waals surface area contributed by atoms with Gasteiger partial charge in [0.1, 0.15) is 0 Å². The van der Waals surface area contributed by atoms with Gasteiger partial charge in [-0.05, 0) is 30.9 Å². The van der Waals surface area contributed by atoms with Gasteiger partial charge >= 0.3 is 0 Å². The van der Waals surface area contributed by atoms with Crippen molar-refractivity contribution in [1.29, 1.82) is 0 Å². The summed E-state index contributed by atoms with van der Waals surface area (Å²) in [6.45, 7) is 3.37. The summed E-state index contributed by atoms with van der Waals surface area (Å²) in [4.78, 5) is 4.18. The van der Waals surface area contributed by atoms with Gasteiger partial charge in [-0.25, -0.2) is 4.98 Å². The van der Waals surface area contributed by atoms with E-state index in [9.17, 15) is 0 Å². The first kappa shape index (κ1) is 16.3. The Morgan fingerprint density at radius 3 is 2.95 bits per heavy atom. The first-order chi connectivity index (χ1) is 10.7. The van der Waals surface area contributed by atoms with E-state index in [-0.39, 0.29) is 4.08 Å². The van der Waals surface area contributed by atoms with Gasteiger partial charge in [-0.15, -0.1) is 23.5 Å². The van der Waals surface area contributed by atoms with Crippen LogP contribution in [0.1, 0.15) is 25.3 Å². The number of nitrogens with zero attached hydrogens (tertiary/aromatic N) is 2. The molecular formula is C17H21ClN2S2. The third-order valence-corrected chi connectivity index (χ3v) is 8.02. The number of thioether (sulfide) groups is 2. The molecule has 0 N–H and O–H groups in total. The molecule has 3 rings (SSSR count). The summed E-state index contributed by atoms with van der Waals surface area (Å²) >= 11 is 10.5. The lowest BCUT2D eigenvalue weighted by Crippen LogP contribution is -2.24. The predicted octanol–water partition coefficient (Wildman–Crippen LogP) is 5.12. The van der Waals surface area contributed by atoms with Gasteiger partial charge in [0.2, 0.25) is 0 Å². The lowest BCUT2D eigenvalue weighted by atomic mass is 10.1. The van der Waals surface area contributed by atoms with Gasteiger partial charge in [0.25, 0.3) is 0 Å². The normalized spacial score (nSPS) is 24.7. The molecule has 0 saturated carbocycles. The number of hydrogen-bond acceptors (Lipinski definition) is 3. The predicted molar refractivity (Wildman–Crippen MR) is 98.9 cm³/mol. The molecule has 1 fully saturated rings. The molecule has 1 aliphatic rings. The van der Waals surface area contributed by atoms with E-state index < -0.39 is 0 Å². The highest BCUT2D eigenvalue weighted by Crippen LogP contribution is 2.51. The summed E-state index contributed by atoms with van der Waals surface area (Å²) in [5, 5.41) is 1.63. The zero-order chi connectivity index (χ0) is 15.4. The van der Waals surface area contributed by atoms with Crippen LogP contribution in [-0.2, 0) is 13.0 Å². The quantitative estimate of drug-likeness (QED) is 0.718. The largest absolute Gasteiger partial charge is 0.335 e. The molecule has 1 aromatic carbocycles. The first-order valence-corrected chi connectivity index (χ1v) is 9.92. The standard InChI is InChI=1S/C17H21ClN2S2/c1-14-11-21-17(22-14,12-20-10-9-19-13-20)8-4-6-15-5-2-3-7-16(15)18/h2-3,5,7,9-10,13-14H,4,6,8,11-12H2,1H3. The van der Waals surface area contributed by atoms with E-state index in [1.165, 1.54) is 24.2 Å². The second-order valence-corrected chi connectivity index (χ2v) is 9.72. The summed E-state index contributed by atoms with van der Waals surface area (Å²) in [6.07, 6.45) is 9.30. The number of hydrogen-bond donors (Lipinski definition) is 0.